The summed E-state index contributed by atoms with van der Waals surface area (Å²) in [5, 5.41) is 6.61. The number of carbonyl (C=O) groups excluding carboxylic acids is 1. The molecule has 0 radical (unpaired) electrons. The Kier molecular flexibility index (Phi) is 4.20. The third kappa shape index (κ3) is 3.33. The second-order valence-electron chi connectivity index (χ2n) is 7.16. The first kappa shape index (κ1) is 15.3. The molecule has 1 aromatic carbocycles. The van der Waals surface area contributed by atoms with Gasteiger partial charge in [-0.15, -0.1) is 0 Å². The monoisotopic (exact) mass is 333 g/mol. The van der Waals surface area contributed by atoms with E-state index in [0.717, 1.165) is 18.9 Å². The number of nitrogens with zero attached hydrogens (tertiary/aromatic N) is 1. The normalized spacial score (nSPS) is 30.7. The van der Waals surface area contributed by atoms with Crippen molar-refractivity contribution in [3.05, 3.63) is 29.3 Å². The van der Waals surface area contributed by atoms with Crippen molar-refractivity contribution in [3.63, 3.8) is 0 Å². The molecule has 3 aliphatic rings. The van der Waals surface area contributed by atoms with Gasteiger partial charge < -0.3 is 10.6 Å². The predicted octanol–water partition coefficient (Wildman–Crippen LogP) is 4.01. The molecule has 1 aliphatic carbocycles. The van der Waals surface area contributed by atoms with E-state index >= 15 is 0 Å². The number of halogens is 1. The van der Waals surface area contributed by atoms with Crippen molar-refractivity contribution < 1.29 is 4.79 Å². The first-order valence-corrected chi connectivity index (χ1v) is 9.18. The Balaban J connectivity index is 1.36. The number of piperidine rings is 2. The summed E-state index contributed by atoms with van der Waals surface area (Å²) in [5.41, 5.74) is 0.669. The van der Waals surface area contributed by atoms with Crippen LogP contribution >= 0.6 is 11.6 Å². The molecule has 0 spiro atoms. The maximum absolute atomic E-state index is 12.3. The second-order valence-corrected chi connectivity index (χ2v) is 7.57. The number of rotatable bonds is 3. The van der Waals surface area contributed by atoms with Crippen LogP contribution < -0.4 is 10.6 Å². The lowest BCUT2D eigenvalue weighted by Gasteiger charge is -2.49. The fourth-order valence-corrected chi connectivity index (χ4v) is 4.59. The molecule has 2 aliphatic heterocycles. The van der Waals surface area contributed by atoms with Crippen LogP contribution in [0.25, 0.3) is 0 Å². The molecule has 0 aromatic heterocycles. The number of nitrogens with one attached hydrogen (secondary N) is 2. The average Bonchev–Trinajstić information content (AvgIpc) is 3.33. The van der Waals surface area contributed by atoms with Gasteiger partial charge in [0.1, 0.15) is 0 Å². The molecule has 2 N–H and O–H groups in total. The Morgan fingerprint density at radius 1 is 1.04 bits per heavy atom. The Labute approximate surface area is 142 Å². The Morgan fingerprint density at radius 2 is 1.74 bits per heavy atom. The minimum Gasteiger partial charge on any atom is -0.335 e. The highest BCUT2D eigenvalue weighted by Crippen LogP contribution is 2.41. The van der Waals surface area contributed by atoms with E-state index in [1.54, 1.807) is 6.07 Å². The van der Waals surface area contributed by atoms with E-state index in [4.69, 9.17) is 11.6 Å². The highest BCUT2D eigenvalue weighted by molar-refractivity contribution is 6.33. The molecular formula is C18H24ClN3O. The first-order chi connectivity index (χ1) is 11.2. The van der Waals surface area contributed by atoms with E-state index in [-0.39, 0.29) is 12.1 Å². The lowest BCUT2D eigenvalue weighted by Crippen LogP contribution is -2.58. The summed E-state index contributed by atoms with van der Waals surface area (Å²) in [5.74, 6) is 0. The van der Waals surface area contributed by atoms with E-state index < -0.39 is 0 Å². The first-order valence-electron chi connectivity index (χ1n) is 8.80. The van der Waals surface area contributed by atoms with E-state index in [9.17, 15) is 4.79 Å². The maximum Gasteiger partial charge on any atom is 0.319 e. The quantitative estimate of drug-likeness (QED) is 0.877. The number of fused-ring (bicyclic) bond motifs is 2. The minimum atomic E-state index is -0.138. The van der Waals surface area contributed by atoms with Crippen LogP contribution in [0.1, 0.15) is 44.9 Å². The Bertz CT molecular complexity index is 575. The van der Waals surface area contributed by atoms with Gasteiger partial charge in [0.25, 0.3) is 0 Å². The summed E-state index contributed by atoms with van der Waals surface area (Å²) in [6, 6.07) is 9.66. The number of urea groups is 1. The van der Waals surface area contributed by atoms with Gasteiger partial charge in [-0.3, -0.25) is 4.90 Å². The predicted molar refractivity (Wildman–Crippen MR) is 92.9 cm³/mol. The van der Waals surface area contributed by atoms with Crippen molar-refractivity contribution in [2.45, 2.75) is 69.1 Å². The van der Waals surface area contributed by atoms with E-state index in [2.05, 4.69) is 15.5 Å². The molecule has 2 amide bonds. The summed E-state index contributed by atoms with van der Waals surface area (Å²) >= 11 is 6.10. The van der Waals surface area contributed by atoms with Gasteiger partial charge in [0.2, 0.25) is 0 Å². The number of para-hydroxylation sites is 1. The zero-order chi connectivity index (χ0) is 15.8. The molecule has 2 heterocycles. The maximum atomic E-state index is 12.3. The number of hydrogen-bond donors (Lipinski definition) is 2. The highest BCUT2D eigenvalue weighted by Gasteiger charge is 2.45. The van der Waals surface area contributed by atoms with Crippen molar-refractivity contribution in [1.29, 1.82) is 0 Å². The third-order valence-corrected chi connectivity index (χ3v) is 5.79. The number of amides is 2. The standard InChI is InChI=1S/C18H24ClN3O/c19-16-6-1-2-7-17(16)21-18(23)20-12-10-14-4-3-5-15(11-12)22(14)13-8-9-13/h1-2,6-7,12-15H,3-5,8-11H2,(H2,20,21,23)/t14-,15-/m1/s1. The number of benzene rings is 1. The van der Waals surface area contributed by atoms with Gasteiger partial charge in [-0.25, -0.2) is 4.79 Å². The van der Waals surface area contributed by atoms with Gasteiger partial charge in [-0.2, -0.15) is 0 Å². The van der Waals surface area contributed by atoms with Crippen LogP contribution in [0.2, 0.25) is 5.02 Å². The van der Waals surface area contributed by atoms with Gasteiger partial charge in [0, 0.05) is 24.2 Å². The molecule has 4 nitrogen and oxygen atoms in total. The van der Waals surface area contributed by atoms with E-state index in [1.807, 2.05) is 18.2 Å². The summed E-state index contributed by atoms with van der Waals surface area (Å²) in [4.78, 5) is 15.1. The largest absolute Gasteiger partial charge is 0.335 e. The van der Waals surface area contributed by atoms with Gasteiger partial charge >= 0.3 is 6.03 Å². The Hall–Kier alpha value is -1.26. The van der Waals surface area contributed by atoms with Crippen LogP contribution in [-0.2, 0) is 0 Å². The lowest BCUT2D eigenvalue weighted by molar-refractivity contribution is 0.0198. The van der Waals surface area contributed by atoms with Crippen LogP contribution in [0.5, 0.6) is 0 Å². The molecule has 4 rings (SSSR count). The van der Waals surface area contributed by atoms with Gasteiger partial charge in [-0.1, -0.05) is 30.2 Å². The van der Waals surface area contributed by atoms with E-state index in [1.165, 1.54) is 32.1 Å². The molecule has 2 bridgehead atoms. The van der Waals surface area contributed by atoms with Crippen LogP contribution in [-0.4, -0.2) is 35.1 Å². The summed E-state index contributed by atoms with van der Waals surface area (Å²) in [6.45, 7) is 0. The molecule has 124 valence electrons. The van der Waals surface area contributed by atoms with Gasteiger partial charge in [0.15, 0.2) is 0 Å². The Morgan fingerprint density at radius 3 is 2.39 bits per heavy atom. The van der Waals surface area contributed by atoms with Crippen LogP contribution in [0, 0.1) is 0 Å². The molecule has 5 heteroatoms. The fourth-order valence-electron chi connectivity index (χ4n) is 4.41. The van der Waals surface area contributed by atoms with Crippen molar-refractivity contribution in [3.8, 4) is 0 Å². The van der Waals surface area contributed by atoms with Gasteiger partial charge in [0.05, 0.1) is 10.7 Å². The molecule has 2 atom stereocenters. The smallest absolute Gasteiger partial charge is 0.319 e. The SMILES string of the molecule is O=C(Nc1ccccc1Cl)NC1C[C@H]2CCC[C@H](C1)N2C1CC1. The topological polar surface area (TPSA) is 44.4 Å². The van der Waals surface area contributed by atoms with Crippen LogP contribution in [0.4, 0.5) is 10.5 Å². The molecule has 3 fully saturated rings. The molecule has 1 saturated carbocycles. The van der Waals surface area contributed by atoms with Crippen LogP contribution in [0.15, 0.2) is 24.3 Å². The van der Waals surface area contributed by atoms with E-state index in [0.29, 0.717) is 22.8 Å². The van der Waals surface area contributed by atoms with Gasteiger partial charge in [-0.05, 0) is 50.7 Å². The molecule has 1 aromatic rings. The number of anilines is 1. The molecule has 0 unspecified atom stereocenters. The third-order valence-electron chi connectivity index (χ3n) is 5.46. The number of carbonyl (C=O) groups is 1. The zero-order valence-corrected chi connectivity index (χ0v) is 14.1. The van der Waals surface area contributed by atoms with Crippen molar-refractivity contribution in [2.24, 2.45) is 0 Å². The number of hydrogen-bond acceptors (Lipinski definition) is 2. The van der Waals surface area contributed by atoms with Crippen molar-refractivity contribution >= 4 is 23.3 Å². The fraction of sp³-hybridized carbons (Fsp3) is 0.611. The molecule has 2 saturated heterocycles. The lowest BCUT2D eigenvalue weighted by atomic mass is 9.81. The average molecular weight is 334 g/mol. The summed E-state index contributed by atoms with van der Waals surface area (Å²) in [7, 11) is 0. The van der Waals surface area contributed by atoms with Crippen molar-refractivity contribution in [1.82, 2.24) is 10.2 Å². The van der Waals surface area contributed by atoms with Crippen molar-refractivity contribution in [2.75, 3.05) is 5.32 Å². The molecular weight excluding hydrogens is 310 g/mol. The highest BCUT2D eigenvalue weighted by atomic mass is 35.5. The minimum absolute atomic E-state index is 0.138. The molecule has 23 heavy (non-hydrogen) atoms. The summed E-state index contributed by atoms with van der Waals surface area (Å²) in [6.07, 6.45) is 8.84. The second kappa shape index (κ2) is 6.33. The van der Waals surface area contributed by atoms with Crippen LogP contribution in [0.3, 0.4) is 0 Å². The summed E-state index contributed by atoms with van der Waals surface area (Å²) < 4.78 is 0. The zero-order valence-electron chi connectivity index (χ0n) is 13.3.